The number of hydrogen-bond acceptors (Lipinski definition) is 7. The Bertz CT molecular complexity index is 869. The zero-order valence-electron chi connectivity index (χ0n) is 15.1. The van der Waals surface area contributed by atoms with E-state index in [9.17, 15) is 4.79 Å². The minimum absolute atomic E-state index is 0.0589. The summed E-state index contributed by atoms with van der Waals surface area (Å²) in [5.41, 5.74) is 2.02. The normalized spacial score (nSPS) is 10.9. The largest absolute Gasteiger partial charge is 0.421 e. The highest BCUT2D eigenvalue weighted by Crippen LogP contribution is 2.18. The van der Waals surface area contributed by atoms with Crippen LogP contribution in [0.3, 0.4) is 0 Å². The maximum Gasteiger partial charge on any atom is 0.247 e. The van der Waals surface area contributed by atoms with E-state index in [2.05, 4.69) is 20.3 Å². The van der Waals surface area contributed by atoms with Crippen LogP contribution in [-0.4, -0.2) is 38.2 Å². The van der Waals surface area contributed by atoms with Gasteiger partial charge in [-0.2, -0.15) is 4.98 Å². The highest BCUT2D eigenvalue weighted by Gasteiger charge is 2.15. The number of aromatic nitrogens is 4. The number of carbonyl (C=O) groups is 1. The lowest BCUT2D eigenvalue weighted by atomic mass is 10.1. The molecule has 8 heteroatoms. The third kappa shape index (κ3) is 4.33. The molecule has 3 aromatic rings. The fourth-order valence-electron chi connectivity index (χ4n) is 2.36. The highest BCUT2D eigenvalue weighted by molar-refractivity contribution is 5.75. The van der Waals surface area contributed by atoms with Crippen molar-refractivity contribution >= 4 is 5.91 Å². The number of rotatable bonds is 7. The number of amides is 1. The molecule has 136 valence electrons. The molecule has 0 spiro atoms. The number of nitrogens with zero attached hydrogens (tertiary/aromatic N) is 5. The van der Waals surface area contributed by atoms with Crippen molar-refractivity contribution in [2.75, 3.05) is 7.05 Å². The van der Waals surface area contributed by atoms with Crippen LogP contribution < -0.4 is 0 Å². The van der Waals surface area contributed by atoms with Crippen LogP contribution >= 0.6 is 0 Å². The van der Waals surface area contributed by atoms with Crippen LogP contribution in [0.4, 0.5) is 0 Å². The Balaban J connectivity index is 1.53. The Labute approximate surface area is 151 Å². The van der Waals surface area contributed by atoms with Crippen LogP contribution in [0.15, 0.2) is 33.2 Å². The van der Waals surface area contributed by atoms with Gasteiger partial charge in [-0.05, 0) is 19.1 Å². The molecule has 26 heavy (non-hydrogen) atoms. The third-order valence-electron chi connectivity index (χ3n) is 3.94. The van der Waals surface area contributed by atoms with Crippen molar-refractivity contribution in [2.45, 2.75) is 39.7 Å². The summed E-state index contributed by atoms with van der Waals surface area (Å²) in [5.74, 6) is 1.90. The Hall–Kier alpha value is -3.03. The van der Waals surface area contributed by atoms with Gasteiger partial charge in [0.05, 0.1) is 6.54 Å². The van der Waals surface area contributed by atoms with Gasteiger partial charge in [0, 0.05) is 31.9 Å². The van der Waals surface area contributed by atoms with E-state index in [1.807, 2.05) is 38.1 Å². The maximum absolute atomic E-state index is 12.3. The Morgan fingerprint density at radius 3 is 2.62 bits per heavy atom. The van der Waals surface area contributed by atoms with Gasteiger partial charge in [-0.3, -0.25) is 4.79 Å². The van der Waals surface area contributed by atoms with Gasteiger partial charge in [0.15, 0.2) is 5.82 Å². The summed E-state index contributed by atoms with van der Waals surface area (Å²) in [6.45, 7) is 4.24. The second kappa shape index (κ2) is 7.90. The monoisotopic (exact) mass is 355 g/mol. The van der Waals surface area contributed by atoms with E-state index in [1.165, 1.54) is 0 Å². The Morgan fingerprint density at radius 1 is 1.15 bits per heavy atom. The van der Waals surface area contributed by atoms with Crippen molar-refractivity contribution < 1.29 is 13.7 Å². The van der Waals surface area contributed by atoms with Gasteiger partial charge in [0.1, 0.15) is 0 Å². The molecule has 0 atom stereocenters. The fourth-order valence-corrected chi connectivity index (χ4v) is 2.36. The van der Waals surface area contributed by atoms with E-state index in [4.69, 9.17) is 8.94 Å². The van der Waals surface area contributed by atoms with Gasteiger partial charge in [0.2, 0.25) is 23.6 Å². The molecule has 0 unspecified atom stereocenters. The van der Waals surface area contributed by atoms with Crippen molar-refractivity contribution in [3.63, 3.8) is 0 Å². The standard InChI is InChI=1S/C18H21N5O3/c1-4-14-19-16(26-22-14)11-23(3)17(24)10-9-15-20-21-18(25-15)13-7-5-12(2)6-8-13/h5-8H,4,9-11H2,1-3H3. The Kier molecular flexibility index (Phi) is 5.40. The predicted octanol–water partition coefficient (Wildman–Crippen LogP) is 2.58. The second-order valence-corrected chi connectivity index (χ2v) is 6.07. The first kappa shape index (κ1) is 17.8. The van der Waals surface area contributed by atoms with Crippen LogP contribution in [0.5, 0.6) is 0 Å². The van der Waals surface area contributed by atoms with Crippen molar-refractivity contribution in [2.24, 2.45) is 0 Å². The molecule has 0 aliphatic carbocycles. The predicted molar refractivity (Wildman–Crippen MR) is 92.9 cm³/mol. The fraction of sp³-hybridized carbons (Fsp3) is 0.389. The summed E-state index contributed by atoms with van der Waals surface area (Å²) >= 11 is 0. The van der Waals surface area contributed by atoms with Crippen molar-refractivity contribution in [1.29, 1.82) is 0 Å². The van der Waals surface area contributed by atoms with Gasteiger partial charge in [-0.1, -0.05) is 29.8 Å². The van der Waals surface area contributed by atoms with Crippen LogP contribution in [-0.2, 0) is 24.2 Å². The second-order valence-electron chi connectivity index (χ2n) is 6.07. The summed E-state index contributed by atoms with van der Waals surface area (Å²) in [5, 5.41) is 11.9. The van der Waals surface area contributed by atoms with Crippen LogP contribution in [0.25, 0.3) is 11.5 Å². The molecule has 0 saturated heterocycles. The molecule has 3 rings (SSSR count). The van der Waals surface area contributed by atoms with E-state index < -0.39 is 0 Å². The molecule has 0 radical (unpaired) electrons. The molecule has 2 heterocycles. The maximum atomic E-state index is 12.3. The lowest BCUT2D eigenvalue weighted by molar-refractivity contribution is -0.130. The van der Waals surface area contributed by atoms with Gasteiger partial charge < -0.3 is 13.8 Å². The summed E-state index contributed by atoms with van der Waals surface area (Å²) in [6, 6.07) is 7.83. The summed E-state index contributed by atoms with van der Waals surface area (Å²) < 4.78 is 10.7. The first-order chi connectivity index (χ1) is 12.5. The van der Waals surface area contributed by atoms with Gasteiger partial charge in [-0.25, -0.2) is 0 Å². The molecule has 1 amide bonds. The molecular weight excluding hydrogens is 334 g/mol. The molecule has 0 saturated carbocycles. The molecule has 0 fully saturated rings. The third-order valence-corrected chi connectivity index (χ3v) is 3.94. The molecular formula is C18H21N5O3. The SMILES string of the molecule is CCc1noc(CN(C)C(=O)CCc2nnc(-c3ccc(C)cc3)o2)n1. The molecule has 2 aromatic heterocycles. The van der Waals surface area contributed by atoms with E-state index >= 15 is 0 Å². The van der Waals surface area contributed by atoms with Gasteiger partial charge in [-0.15, -0.1) is 10.2 Å². The topological polar surface area (TPSA) is 98.2 Å². The Morgan fingerprint density at radius 2 is 1.92 bits per heavy atom. The van der Waals surface area contributed by atoms with Crippen LogP contribution in [0.2, 0.25) is 0 Å². The molecule has 0 aliphatic heterocycles. The van der Waals surface area contributed by atoms with E-state index in [0.717, 1.165) is 11.1 Å². The minimum atomic E-state index is -0.0589. The summed E-state index contributed by atoms with van der Waals surface area (Å²) in [4.78, 5) is 18.0. The molecule has 1 aromatic carbocycles. The van der Waals surface area contributed by atoms with Crippen LogP contribution in [0.1, 0.15) is 36.5 Å². The smallest absolute Gasteiger partial charge is 0.247 e. The molecule has 0 bridgehead atoms. The lowest BCUT2D eigenvalue weighted by Gasteiger charge is -2.13. The molecule has 8 nitrogen and oxygen atoms in total. The van der Waals surface area contributed by atoms with Crippen LogP contribution in [0, 0.1) is 6.92 Å². The summed E-state index contributed by atoms with van der Waals surface area (Å²) in [7, 11) is 1.70. The lowest BCUT2D eigenvalue weighted by Crippen LogP contribution is -2.26. The molecule has 0 N–H and O–H groups in total. The average Bonchev–Trinajstić information content (AvgIpc) is 3.29. The number of aryl methyl sites for hydroxylation is 3. The van der Waals surface area contributed by atoms with E-state index in [0.29, 0.717) is 36.3 Å². The zero-order valence-corrected chi connectivity index (χ0v) is 15.1. The number of carbonyl (C=O) groups excluding carboxylic acids is 1. The van der Waals surface area contributed by atoms with E-state index in [-0.39, 0.29) is 18.9 Å². The first-order valence-electron chi connectivity index (χ1n) is 8.50. The highest BCUT2D eigenvalue weighted by atomic mass is 16.5. The van der Waals surface area contributed by atoms with Gasteiger partial charge >= 0.3 is 0 Å². The van der Waals surface area contributed by atoms with Gasteiger partial charge in [0.25, 0.3) is 0 Å². The quantitative estimate of drug-likeness (QED) is 0.642. The van der Waals surface area contributed by atoms with Crippen molar-refractivity contribution in [3.8, 4) is 11.5 Å². The minimum Gasteiger partial charge on any atom is -0.421 e. The first-order valence-corrected chi connectivity index (χ1v) is 8.50. The zero-order chi connectivity index (χ0) is 18.5. The average molecular weight is 355 g/mol. The number of hydrogen-bond donors (Lipinski definition) is 0. The van der Waals surface area contributed by atoms with Crippen molar-refractivity contribution in [1.82, 2.24) is 25.2 Å². The van der Waals surface area contributed by atoms with E-state index in [1.54, 1.807) is 11.9 Å². The number of benzene rings is 1. The van der Waals surface area contributed by atoms with Crippen molar-refractivity contribution in [3.05, 3.63) is 47.4 Å². The summed E-state index contributed by atoms with van der Waals surface area (Å²) in [6.07, 6.45) is 1.34. The molecule has 0 aliphatic rings.